The van der Waals surface area contributed by atoms with Crippen molar-refractivity contribution < 1.29 is 14.1 Å². The lowest BCUT2D eigenvalue weighted by atomic mass is 9.86. The Hall–Kier alpha value is -3.80. The van der Waals surface area contributed by atoms with Gasteiger partial charge in [-0.1, -0.05) is 36.3 Å². The molecule has 1 saturated heterocycles. The van der Waals surface area contributed by atoms with Crippen molar-refractivity contribution in [1.29, 1.82) is 0 Å². The molecule has 2 aliphatic rings. The number of nitrogens with one attached hydrogen (secondary N) is 1. The van der Waals surface area contributed by atoms with E-state index in [4.69, 9.17) is 9.26 Å². The van der Waals surface area contributed by atoms with Crippen molar-refractivity contribution in [3.8, 4) is 17.1 Å². The molecule has 172 valence electrons. The SMILES string of the molecule is CCOc1ccc(Nc2cc(N3CCC[C@H](C)C3)c3noc4c3c2C(=O)c2ccccc2-4)cc1. The lowest BCUT2D eigenvalue weighted by Crippen LogP contribution is -2.34. The normalized spacial score (nSPS) is 17.1. The minimum Gasteiger partial charge on any atom is -0.494 e. The van der Waals surface area contributed by atoms with Gasteiger partial charge in [0.2, 0.25) is 0 Å². The summed E-state index contributed by atoms with van der Waals surface area (Å²) in [4.78, 5) is 16.1. The highest BCUT2D eigenvalue weighted by Gasteiger charge is 2.34. The van der Waals surface area contributed by atoms with Crippen LogP contribution in [-0.2, 0) is 0 Å². The van der Waals surface area contributed by atoms with Crippen LogP contribution in [0.15, 0.2) is 59.1 Å². The third-order valence-corrected chi connectivity index (χ3v) is 6.82. The summed E-state index contributed by atoms with van der Waals surface area (Å²) in [7, 11) is 0. The van der Waals surface area contributed by atoms with Crippen molar-refractivity contribution >= 4 is 33.7 Å². The first-order valence-corrected chi connectivity index (χ1v) is 12.0. The van der Waals surface area contributed by atoms with Gasteiger partial charge >= 0.3 is 0 Å². The van der Waals surface area contributed by atoms with Crippen LogP contribution in [-0.4, -0.2) is 30.6 Å². The number of nitrogens with zero attached hydrogens (tertiary/aromatic N) is 2. The Bertz CT molecular complexity index is 1390. The fourth-order valence-electron chi connectivity index (χ4n) is 5.25. The largest absolute Gasteiger partial charge is 0.494 e. The van der Waals surface area contributed by atoms with Gasteiger partial charge < -0.3 is 19.5 Å². The van der Waals surface area contributed by atoms with Gasteiger partial charge in [-0.2, -0.15) is 0 Å². The molecular formula is C28H27N3O3. The number of ether oxygens (including phenoxy) is 1. The number of rotatable bonds is 5. The van der Waals surface area contributed by atoms with Crippen molar-refractivity contribution in [3.05, 3.63) is 65.7 Å². The third-order valence-electron chi connectivity index (χ3n) is 6.82. The van der Waals surface area contributed by atoms with Crippen LogP contribution < -0.4 is 15.0 Å². The van der Waals surface area contributed by atoms with Gasteiger partial charge in [0.15, 0.2) is 11.5 Å². The molecular weight excluding hydrogens is 426 g/mol. The van der Waals surface area contributed by atoms with Crippen molar-refractivity contribution in [2.75, 3.05) is 29.9 Å². The number of carbonyl (C=O) groups excluding carboxylic acids is 1. The van der Waals surface area contributed by atoms with Gasteiger partial charge in [-0.05, 0) is 56.0 Å². The topological polar surface area (TPSA) is 67.6 Å². The van der Waals surface area contributed by atoms with E-state index in [0.717, 1.165) is 58.8 Å². The summed E-state index contributed by atoms with van der Waals surface area (Å²) in [6, 6.07) is 17.5. The third kappa shape index (κ3) is 3.33. The van der Waals surface area contributed by atoms with Crippen molar-refractivity contribution in [2.24, 2.45) is 5.92 Å². The molecule has 6 heteroatoms. The van der Waals surface area contributed by atoms with Crippen LogP contribution in [0.4, 0.5) is 17.1 Å². The summed E-state index contributed by atoms with van der Waals surface area (Å²) in [5, 5.41) is 8.81. The first-order chi connectivity index (χ1) is 16.6. The molecule has 4 aromatic rings. The molecule has 0 radical (unpaired) electrons. The van der Waals surface area contributed by atoms with E-state index in [-0.39, 0.29) is 5.78 Å². The van der Waals surface area contributed by atoms with E-state index in [0.29, 0.717) is 29.4 Å². The van der Waals surface area contributed by atoms with E-state index in [2.05, 4.69) is 28.4 Å². The van der Waals surface area contributed by atoms with Crippen molar-refractivity contribution in [1.82, 2.24) is 5.16 Å². The van der Waals surface area contributed by atoms with Crippen LogP contribution >= 0.6 is 0 Å². The van der Waals surface area contributed by atoms with E-state index >= 15 is 0 Å². The predicted octanol–water partition coefficient (Wildman–Crippen LogP) is 6.42. The van der Waals surface area contributed by atoms with Gasteiger partial charge in [0, 0.05) is 29.9 Å². The van der Waals surface area contributed by atoms with Crippen LogP contribution in [0.5, 0.6) is 5.75 Å². The zero-order valence-electron chi connectivity index (χ0n) is 19.4. The predicted molar refractivity (Wildman–Crippen MR) is 134 cm³/mol. The first-order valence-electron chi connectivity index (χ1n) is 12.0. The number of piperidine rings is 1. The summed E-state index contributed by atoms with van der Waals surface area (Å²) < 4.78 is 11.5. The summed E-state index contributed by atoms with van der Waals surface area (Å²) in [6.45, 7) is 6.80. The molecule has 1 atom stereocenters. The molecule has 0 unspecified atom stereocenters. The molecule has 1 aliphatic carbocycles. The maximum atomic E-state index is 13.7. The first kappa shape index (κ1) is 20.8. The Balaban J connectivity index is 1.54. The standard InChI is InChI=1S/C28H27N3O3/c1-3-33-19-12-10-18(11-13-19)29-22-15-23(31-14-6-7-17(2)16-31)26-25-24(22)27(32)20-8-4-5-9-21(20)28(25)34-30-26/h4-5,8-13,15,17,29H,3,6-7,14,16H2,1-2H3/t17-/m0/s1. The zero-order valence-corrected chi connectivity index (χ0v) is 19.4. The summed E-state index contributed by atoms with van der Waals surface area (Å²) in [6.07, 6.45) is 2.36. The summed E-state index contributed by atoms with van der Waals surface area (Å²) >= 11 is 0. The quantitative estimate of drug-likeness (QED) is 0.331. The highest BCUT2D eigenvalue weighted by atomic mass is 16.5. The van der Waals surface area contributed by atoms with Crippen LogP contribution in [0.25, 0.3) is 22.2 Å². The molecule has 0 saturated carbocycles. The van der Waals surface area contributed by atoms with Gasteiger partial charge in [0.1, 0.15) is 11.3 Å². The van der Waals surface area contributed by atoms with Crippen LogP contribution in [0, 0.1) is 5.92 Å². The molecule has 1 aliphatic heterocycles. The summed E-state index contributed by atoms with van der Waals surface area (Å²) in [5.74, 6) is 2.08. The number of ketones is 1. The number of carbonyl (C=O) groups is 1. The molecule has 1 fully saturated rings. The van der Waals surface area contributed by atoms with Crippen molar-refractivity contribution in [3.63, 3.8) is 0 Å². The maximum absolute atomic E-state index is 13.7. The number of anilines is 3. The zero-order chi connectivity index (χ0) is 23.2. The minimum absolute atomic E-state index is 0.0108. The Kier molecular flexibility index (Phi) is 5.01. The average Bonchev–Trinajstić information content (AvgIpc) is 3.29. The van der Waals surface area contributed by atoms with E-state index in [1.807, 2.05) is 55.5 Å². The molecule has 0 spiro atoms. The monoisotopic (exact) mass is 453 g/mol. The number of benzene rings is 3. The van der Waals surface area contributed by atoms with Gasteiger partial charge in [-0.15, -0.1) is 0 Å². The Morgan fingerprint density at radius 2 is 1.94 bits per heavy atom. The van der Waals surface area contributed by atoms with E-state index in [1.165, 1.54) is 6.42 Å². The second-order valence-electron chi connectivity index (χ2n) is 9.20. The molecule has 1 N–H and O–H groups in total. The van der Waals surface area contributed by atoms with Crippen LogP contribution in [0.2, 0.25) is 0 Å². The van der Waals surface area contributed by atoms with Gasteiger partial charge in [0.05, 0.1) is 28.9 Å². The fourth-order valence-corrected chi connectivity index (χ4v) is 5.25. The van der Waals surface area contributed by atoms with Gasteiger partial charge in [-0.25, -0.2) is 0 Å². The highest BCUT2D eigenvalue weighted by molar-refractivity contribution is 6.28. The van der Waals surface area contributed by atoms with Crippen LogP contribution in [0.3, 0.4) is 0 Å². The number of aromatic nitrogens is 1. The maximum Gasteiger partial charge on any atom is 0.196 e. The second kappa shape index (κ2) is 8.20. The van der Waals surface area contributed by atoms with E-state index in [1.54, 1.807) is 0 Å². The second-order valence-corrected chi connectivity index (χ2v) is 9.20. The minimum atomic E-state index is -0.0108. The van der Waals surface area contributed by atoms with E-state index < -0.39 is 0 Å². The molecule has 6 rings (SSSR count). The van der Waals surface area contributed by atoms with Gasteiger partial charge in [-0.3, -0.25) is 4.79 Å². The Morgan fingerprint density at radius 1 is 1.15 bits per heavy atom. The molecule has 0 bridgehead atoms. The fraction of sp³-hybridized carbons (Fsp3) is 0.286. The molecule has 34 heavy (non-hydrogen) atoms. The molecule has 1 aromatic heterocycles. The molecule has 0 amide bonds. The summed E-state index contributed by atoms with van der Waals surface area (Å²) in [5.41, 5.74) is 5.50. The van der Waals surface area contributed by atoms with Gasteiger partial charge in [0.25, 0.3) is 0 Å². The Labute approximate surface area is 198 Å². The lowest BCUT2D eigenvalue weighted by molar-refractivity contribution is 0.104. The Morgan fingerprint density at radius 3 is 2.71 bits per heavy atom. The smallest absolute Gasteiger partial charge is 0.196 e. The number of fused-ring (bicyclic) bond motifs is 2. The molecule has 3 aromatic carbocycles. The number of hydrogen-bond acceptors (Lipinski definition) is 6. The lowest BCUT2D eigenvalue weighted by Gasteiger charge is -2.33. The number of hydrogen-bond donors (Lipinski definition) is 1. The highest BCUT2D eigenvalue weighted by Crippen LogP contribution is 2.46. The van der Waals surface area contributed by atoms with E-state index in [9.17, 15) is 4.79 Å². The average molecular weight is 454 g/mol. The molecule has 6 nitrogen and oxygen atoms in total. The van der Waals surface area contributed by atoms with Crippen LogP contribution in [0.1, 0.15) is 42.6 Å². The van der Waals surface area contributed by atoms with Crippen molar-refractivity contribution in [2.45, 2.75) is 26.7 Å². The molecule has 2 heterocycles.